The van der Waals surface area contributed by atoms with Crippen molar-refractivity contribution < 1.29 is 74.8 Å². The van der Waals surface area contributed by atoms with E-state index in [1.807, 2.05) is 0 Å². The molecule has 0 fully saturated rings. The molecule has 69 heavy (non-hydrogen) atoms. The van der Waals surface area contributed by atoms with Crippen LogP contribution in [0.15, 0.2) is 121 Å². The zero-order valence-corrected chi connectivity index (χ0v) is 36.5. The van der Waals surface area contributed by atoms with E-state index >= 15 is 26.3 Å². The molecule has 0 atom stereocenters. The molecule has 0 radical (unpaired) electrons. The summed E-state index contributed by atoms with van der Waals surface area (Å²) >= 11 is 0. The molecule has 0 unspecified atom stereocenters. The molecule has 356 valence electrons. The summed E-state index contributed by atoms with van der Waals surface area (Å²) in [6.07, 6.45) is -12.3. The Labute approximate surface area is 387 Å². The summed E-state index contributed by atoms with van der Waals surface area (Å²) in [6.45, 7) is 1.64. The highest BCUT2D eigenvalue weighted by Gasteiger charge is 2.72. The van der Waals surface area contributed by atoms with Gasteiger partial charge in [0.25, 0.3) is 23.6 Å². The van der Waals surface area contributed by atoms with Crippen LogP contribution in [0.2, 0.25) is 0 Å². The molecule has 4 amide bonds. The van der Waals surface area contributed by atoms with Gasteiger partial charge in [0.15, 0.2) is 0 Å². The number of alkyl halides is 6. The summed E-state index contributed by atoms with van der Waals surface area (Å²) in [6, 6.07) is 21.3. The van der Waals surface area contributed by atoms with E-state index in [0.29, 0.717) is 47.0 Å². The lowest BCUT2D eigenvalue weighted by molar-refractivity contribution is -0.288. The smallest absolute Gasteiger partial charge is 0.411 e. The van der Waals surface area contributed by atoms with Gasteiger partial charge in [0.05, 0.1) is 47.8 Å². The maximum atomic E-state index is 15.3. The van der Waals surface area contributed by atoms with Crippen LogP contribution >= 0.6 is 0 Å². The van der Waals surface area contributed by atoms with Crippen LogP contribution in [-0.2, 0) is 14.9 Å². The van der Waals surface area contributed by atoms with Crippen molar-refractivity contribution in [1.82, 2.24) is 5.32 Å². The molecule has 6 N–H and O–H groups in total. The lowest BCUT2D eigenvalue weighted by Crippen LogP contribution is -2.54. The van der Waals surface area contributed by atoms with Crippen LogP contribution < -0.4 is 21.3 Å². The second-order valence-electron chi connectivity index (χ2n) is 15.1. The Hall–Kier alpha value is -8.68. The number of methoxy groups -OCH3 is 2. The van der Waals surface area contributed by atoms with E-state index in [-0.39, 0.29) is 45.1 Å². The Morgan fingerprint density at radius 2 is 0.942 bits per heavy atom. The molecular weight excluding hydrogens is 919 g/mol. The minimum Gasteiger partial charge on any atom is -0.506 e. The normalized spacial score (nSPS) is 11.5. The third-order valence-electron chi connectivity index (χ3n) is 10.8. The van der Waals surface area contributed by atoms with Crippen LogP contribution in [0.25, 0.3) is 11.1 Å². The third-order valence-corrected chi connectivity index (χ3v) is 10.8. The number of anilines is 3. The predicted octanol–water partition coefficient (Wildman–Crippen LogP) is 9.17. The van der Waals surface area contributed by atoms with Gasteiger partial charge in [-0.05, 0) is 108 Å². The number of aromatic hydroxyl groups is 2. The van der Waals surface area contributed by atoms with Gasteiger partial charge in [0.1, 0.15) is 11.5 Å². The third kappa shape index (κ3) is 10.0. The zero-order chi connectivity index (χ0) is 50.6. The molecule has 0 saturated carbocycles. The van der Waals surface area contributed by atoms with Gasteiger partial charge < -0.3 is 41.0 Å². The Morgan fingerprint density at radius 1 is 0.493 bits per heavy atom. The number of amides is 4. The highest BCUT2D eigenvalue weighted by atomic mass is 19.4. The van der Waals surface area contributed by atoms with Crippen LogP contribution in [0.3, 0.4) is 0 Å². The summed E-state index contributed by atoms with van der Waals surface area (Å²) in [5.41, 5.74) is -9.26. The zero-order valence-electron chi connectivity index (χ0n) is 36.5. The lowest BCUT2D eigenvalue weighted by Gasteiger charge is -2.38. The van der Waals surface area contributed by atoms with Crippen LogP contribution in [-0.4, -0.2) is 79.4 Å². The van der Waals surface area contributed by atoms with E-state index in [1.54, 1.807) is 13.0 Å². The molecule has 20 heteroatoms. The maximum absolute atomic E-state index is 15.3. The molecule has 0 spiro atoms. The number of rotatable bonds is 12. The second-order valence-corrected chi connectivity index (χ2v) is 15.1. The largest absolute Gasteiger partial charge is 0.506 e. The summed E-state index contributed by atoms with van der Waals surface area (Å²) < 4.78 is 101. The van der Waals surface area contributed by atoms with E-state index in [0.717, 1.165) is 20.3 Å². The standard InChI is InChI=1S/C49H38F6N4O10/c1-25-7-5-8-28(19-25)41(62)58-37-23-30(13-17-39(37)60)47(48(50,51)52,49(53,54)55)31-14-18-40(61)38(24-31)59-42(63)29-9-6-10-32(20-29)57-44(65)34-16-12-27(22-36(34)46(67)69-4)26-11-15-33(43(64)56-2)35(21-26)45(66)68-3/h5-24,60-61H,1-4H3,(H,56,64)(H,57,65)(H,58,62)(H,59,63). The number of esters is 2. The molecule has 6 aromatic rings. The highest BCUT2D eigenvalue weighted by Crippen LogP contribution is 2.57. The van der Waals surface area contributed by atoms with Gasteiger partial charge in [-0.1, -0.05) is 48.0 Å². The van der Waals surface area contributed by atoms with E-state index in [9.17, 15) is 39.0 Å². The summed E-state index contributed by atoms with van der Waals surface area (Å²) in [5.74, 6) is -7.16. The van der Waals surface area contributed by atoms with E-state index in [1.165, 1.54) is 79.8 Å². The fraction of sp³-hybridized carbons (Fsp3) is 0.143. The van der Waals surface area contributed by atoms with Crippen molar-refractivity contribution in [2.45, 2.75) is 24.7 Å². The van der Waals surface area contributed by atoms with E-state index in [4.69, 9.17) is 9.47 Å². The number of carbonyl (C=O) groups excluding carboxylic acids is 6. The topological polar surface area (TPSA) is 209 Å². The van der Waals surface area contributed by atoms with Crippen molar-refractivity contribution in [2.75, 3.05) is 37.2 Å². The quantitative estimate of drug-likeness (QED) is 0.0389. The van der Waals surface area contributed by atoms with Gasteiger partial charge in [0, 0.05) is 23.9 Å². The molecule has 0 bridgehead atoms. The molecule has 0 heterocycles. The number of carbonyl (C=O) groups is 6. The van der Waals surface area contributed by atoms with Crippen molar-refractivity contribution in [1.29, 1.82) is 0 Å². The number of nitrogens with one attached hydrogen (secondary N) is 4. The molecule has 0 aliphatic carbocycles. The number of halogens is 6. The van der Waals surface area contributed by atoms with Gasteiger partial charge in [-0.25, -0.2) is 9.59 Å². The number of aryl methyl sites for hydroxylation is 1. The van der Waals surface area contributed by atoms with Crippen LogP contribution in [0.1, 0.15) is 78.8 Å². The number of hydrogen-bond acceptors (Lipinski definition) is 10. The number of hydrogen-bond donors (Lipinski definition) is 6. The van der Waals surface area contributed by atoms with Crippen LogP contribution in [0.5, 0.6) is 11.5 Å². The highest BCUT2D eigenvalue weighted by molar-refractivity contribution is 6.13. The first kappa shape index (κ1) is 49.7. The number of phenolic OH excluding ortho intramolecular Hbond substituents is 2. The van der Waals surface area contributed by atoms with Crippen molar-refractivity contribution in [3.8, 4) is 22.6 Å². The Bertz CT molecular complexity index is 3030. The summed E-state index contributed by atoms with van der Waals surface area (Å²) in [7, 11) is 3.55. The van der Waals surface area contributed by atoms with Crippen molar-refractivity contribution in [3.63, 3.8) is 0 Å². The maximum Gasteiger partial charge on any atom is 0.411 e. The van der Waals surface area contributed by atoms with Gasteiger partial charge in [0.2, 0.25) is 5.41 Å². The predicted molar refractivity (Wildman–Crippen MR) is 239 cm³/mol. The lowest BCUT2D eigenvalue weighted by atomic mass is 9.72. The monoisotopic (exact) mass is 956 g/mol. The first-order chi connectivity index (χ1) is 32.5. The summed E-state index contributed by atoms with van der Waals surface area (Å²) in [5, 5.41) is 30.3. The van der Waals surface area contributed by atoms with Gasteiger partial charge in [-0.15, -0.1) is 0 Å². The molecule has 0 aromatic heterocycles. The molecule has 6 aromatic carbocycles. The molecule has 0 aliphatic rings. The van der Waals surface area contributed by atoms with Crippen molar-refractivity contribution >= 4 is 52.6 Å². The SMILES string of the molecule is CNC(=O)c1ccc(-c2ccc(C(=O)Nc3cccc(C(=O)Nc4cc(C(c5ccc(O)c(NC(=O)c6cccc(C)c6)c5)(C(F)(F)F)C(F)(F)F)ccc4O)c3)c(C(=O)OC)c2)cc1C(=O)OC. The molecule has 0 saturated heterocycles. The summed E-state index contributed by atoms with van der Waals surface area (Å²) in [4.78, 5) is 78.1. The minimum atomic E-state index is -6.17. The molecule has 6 rings (SSSR count). The van der Waals surface area contributed by atoms with Crippen LogP contribution in [0.4, 0.5) is 43.4 Å². The van der Waals surface area contributed by atoms with Gasteiger partial charge >= 0.3 is 24.3 Å². The average molecular weight is 957 g/mol. The fourth-order valence-electron chi connectivity index (χ4n) is 7.37. The van der Waals surface area contributed by atoms with Crippen molar-refractivity contribution in [3.05, 3.63) is 171 Å². The number of ether oxygens (including phenoxy) is 2. The Balaban J connectivity index is 1.30. The van der Waals surface area contributed by atoms with Gasteiger partial charge in [-0.2, -0.15) is 26.3 Å². The molecule has 14 nitrogen and oxygen atoms in total. The second kappa shape index (κ2) is 19.7. The fourth-order valence-corrected chi connectivity index (χ4v) is 7.37. The number of phenols is 2. The van der Waals surface area contributed by atoms with Gasteiger partial charge in [-0.3, -0.25) is 19.2 Å². The first-order valence-electron chi connectivity index (χ1n) is 20.1. The van der Waals surface area contributed by atoms with Crippen molar-refractivity contribution in [2.24, 2.45) is 0 Å². The Morgan fingerprint density at radius 3 is 1.38 bits per heavy atom. The molecular formula is C49H38F6N4O10. The first-order valence-corrected chi connectivity index (χ1v) is 20.1. The van der Waals surface area contributed by atoms with Crippen LogP contribution in [0, 0.1) is 6.92 Å². The average Bonchev–Trinajstić information content (AvgIpc) is 3.31. The number of benzene rings is 6. The minimum absolute atomic E-state index is 0.00595. The Kier molecular flexibility index (Phi) is 14.2. The molecule has 0 aliphatic heterocycles. The van der Waals surface area contributed by atoms with E-state index < -0.39 is 87.3 Å². The van der Waals surface area contributed by atoms with E-state index in [2.05, 4.69) is 21.3 Å².